The Morgan fingerprint density at radius 3 is 2.71 bits per heavy atom. The number of hydrogen-bond acceptors (Lipinski definition) is 4. The van der Waals surface area contributed by atoms with Crippen molar-refractivity contribution in [1.82, 2.24) is 10.2 Å². The Hall–Kier alpha value is -2.40. The lowest BCUT2D eigenvalue weighted by molar-refractivity contribution is 0.594. The number of aryl methyl sites for hydroxylation is 1. The van der Waals surface area contributed by atoms with Crippen molar-refractivity contribution >= 4 is 29.0 Å². The van der Waals surface area contributed by atoms with E-state index < -0.39 is 6.92 Å². The Balaban J connectivity index is 2.18. The summed E-state index contributed by atoms with van der Waals surface area (Å²) in [6.45, 7) is 3.33. The minimum absolute atomic E-state index is 0.486. The average molecular weight is 277 g/mol. The number of anilines is 1. The summed E-state index contributed by atoms with van der Waals surface area (Å²) in [5, 5.41) is 18.7. The van der Waals surface area contributed by atoms with Crippen LogP contribution >= 0.6 is 0 Å². The predicted molar refractivity (Wildman–Crippen MR) is 87.6 cm³/mol. The Morgan fingerprint density at radius 2 is 1.95 bits per heavy atom. The molecule has 0 saturated carbocycles. The van der Waals surface area contributed by atoms with Gasteiger partial charge in [-0.1, -0.05) is 31.1 Å². The molecule has 4 nitrogen and oxygen atoms in total. The summed E-state index contributed by atoms with van der Waals surface area (Å²) in [7, 11) is 0. The van der Waals surface area contributed by atoms with Gasteiger partial charge in [0.15, 0.2) is 0 Å². The zero-order valence-corrected chi connectivity index (χ0v) is 12.0. The average Bonchev–Trinajstić information content (AvgIpc) is 2.47. The lowest BCUT2D eigenvalue weighted by Gasteiger charge is -2.10. The third-order valence-electron chi connectivity index (χ3n) is 3.73. The maximum Gasteiger partial charge on any atom is 0.320 e. The molecular formula is C16H16BN3O. The summed E-state index contributed by atoms with van der Waals surface area (Å²) in [6, 6.07) is 11.9. The zero-order valence-electron chi connectivity index (χ0n) is 12.0. The van der Waals surface area contributed by atoms with Gasteiger partial charge in [-0.2, -0.15) is 10.2 Å². The van der Waals surface area contributed by atoms with Gasteiger partial charge in [0.1, 0.15) is 0 Å². The zero-order chi connectivity index (χ0) is 15.0. The quantitative estimate of drug-likeness (QED) is 0.703. The van der Waals surface area contributed by atoms with E-state index in [9.17, 15) is 5.02 Å². The smallest absolute Gasteiger partial charge is 0.320 e. The highest BCUT2D eigenvalue weighted by atomic mass is 16.2. The van der Waals surface area contributed by atoms with Gasteiger partial charge >= 0.3 is 6.92 Å². The van der Waals surface area contributed by atoms with Gasteiger partial charge in [0.05, 0.1) is 17.4 Å². The number of hydrogen-bond donors (Lipinski definition) is 2. The lowest BCUT2D eigenvalue weighted by Crippen LogP contribution is -2.26. The van der Waals surface area contributed by atoms with E-state index in [2.05, 4.69) is 17.1 Å². The Morgan fingerprint density at radius 1 is 1.14 bits per heavy atom. The van der Waals surface area contributed by atoms with Crippen molar-refractivity contribution < 1.29 is 5.02 Å². The summed E-state index contributed by atoms with van der Waals surface area (Å²) in [5.41, 5.74) is 11.5. The van der Waals surface area contributed by atoms with Gasteiger partial charge in [-0.3, -0.25) is 0 Å². The second-order valence-electron chi connectivity index (χ2n) is 5.28. The molecule has 1 aromatic heterocycles. The third-order valence-corrected chi connectivity index (χ3v) is 3.73. The summed E-state index contributed by atoms with van der Waals surface area (Å²) in [5.74, 6) is 0. The Kier molecular flexibility index (Phi) is 3.35. The number of fused-ring (bicyclic) bond motifs is 1. The van der Waals surface area contributed by atoms with E-state index in [1.54, 1.807) is 13.0 Å². The molecule has 3 rings (SSSR count). The molecule has 0 atom stereocenters. The fourth-order valence-electron chi connectivity index (χ4n) is 2.46. The van der Waals surface area contributed by atoms with Gasteiger partial charge in [-0.05, 0) is 41.2 Å². The molecule has 0 fully saturated rings. The highest BCUT2D eigenvalue weighted by Crippen LogP contribution is 2.27. The first-order valence-corrected chi connectivity index (χ1v) is 6.86. The van der Waals surface area contributed by atoms with Crippen LogP contribution in [0, 0.1) is 6.92 Å². The molecule has 0 saturated heterocycles. The summed E-state index contributed by atoms with van der Waals surface area (Å²) < 4.78 is 0. The summed E-state index contributed by atoms with van der Waals surface area (Å²) >= 11 is 0. The molecule has 0 bridgehead atoms. The molecule has 104 valence electrons. The molecule has 0 amide bonds. The van der Waals surface area contributed by atoms with Crippen LogP contribution in [-0.4, -0.2) is 22.1 Å². The minimum Gasteiger partial charge on any atom is -0.447 e. The maximum absolute atomic E-state index is 9.76. The number of rotatable bonds is 2. The summed E-state index contributed by atoms with van der Waals surface area (Å²) in [4.78, 5) is 0. The van der Waals surface area contributed by atoms with Crippen LogP contribution < -0.4 is 11.2 Å². The van der Waals surface area contributed by atoms with Gasteiger partial charge in [-0.25, -0.2) is 0 Å². The van der Waals surface area contributed by atoms with E-state index in [1.165, 1.54) is 0 Å². The molecule has 5 heteroatoms. The van der Waals surface area contributed by atoms with Gasteiger partial charge < -0.3 is 10.8 Å². The first-order chi connectivity index (χ1) is 10.1. The standard InChI is InChI=1S/C16H16BN3O/c1-10-3-5-12(17(2)21)8-14(10)11-4-6-13-15(18)9-19-20-16(13)7-11/h3-9,21H,1-2H3,(H2,18,20). The molecule has 0 radical (unpaired) electrons. The molecule has 1 heterocycles. The predicted octanol–water partition coefficient (Wildman–Crippen LogP) is 2.01. The van der Waals surface area contributed by atoms with Gasteiger partial charge in [0.2, 0.25) is 0 Å². The number of nitrogens with zero attached hydrogens (tertiary/aromatic N) is 2. The minimum atomic E-state index is -0.486. The van der Waals surface area contributed by atoms with E-state index in [-0.39, 0.29) is 0 Å². The molecule has 21 heavy (non-hydrogen) atoms. The van der Waals surface area contributed by atoms with E-state index in [0.29, 0.717) is 5.69 Å². The van der Waals surface area contributed by atoms with Gasteiger partial charge in [0.25, 0.3) is 0 Å². The maximum atomic E-state index is 9.76. The lowest BCUT2D eigenvalue weighted by atomic mass is 9.64. The van der Waals surface area contributed by atoms with Crippen molar-refractivity contribution in [2.45, 2.75) is 13.7 Å². The van der Waals surface area contributed by atoms with Crippen molar-refractivity contribution in [3.05, 3.63) is 48.2 Å². The van der Waals surface area contributed by atoms with Crippen LogP contribution in [-0.2, 0) is 0 Å². The number of benzene rings is 2. The van der Waals surface area contributed by atoms with Crippen molar-refractivity contribution in [3.63, 3.8) is 0 Å². The topological polar surface area (TPSA) is 72.0 Å². The Labute approximate surface area is 123 Å². The van der Waals surface area contributed by atoms with Crippen LogP contribution in [0.1, 0.15) is 5.56 Å². The molecule has 2 aromatic carbocycles. The van der Waals surface area contributed by atoms with E-state index in [0.717, 1.165) is 33.1 Å². The molecule has 0 unspecified atom stereocenters. The molecular weight excluding hydrogens is 261 g/mol. The van der Waals surface area contributed by atoms with Crippen LogP contribution in [0.25, 0.3) is 22.0 Å². The van der Waals surface area contributed by atoms with Crippen LogP contribution in [0.5, 0.6) is 0 Å². The van der Waals surface area contributed by atoms with Crippen LogP contribution in [0.3, 0.4) is 0 Å². The number of nitrogen functional groups attached to an aromatic ring is 1. The molecule has 0 aliphatic rings. The monoisotopic (exact) mass is 277 g/mol. The van der Waals surface area contributed by atoms with Crippen molar-refractivity contribution in [3.8, 4) is 11.1 Å². The third kappa shape index (κ3) is 2.48. The fraction of sp³-hybridized carbons (Fsp3) is 0.125. The summed E-state index contributed by atoms with van der Waals surface area (Å²) in [6.07, 6.45) is 1.56. The number of aromatic nitrogens is 2. The van der Waals surface area contributed by atoms with E-state index >= 15 is 0 Å². The first-order valence-electron chi connectivity index (χ1n) is 6.86. The molecule has 3 N–H and O–H groups in total. The second-order valence-corrected chi connectivity index (χ2v) is 5.28. The second kappa shape index (κ2) is 5.18. The highest BCUT2D eigenvalue weighted by Gasteiger charge is 2.11. The van der Waals surface area contributed by atoms with Gasteiger partial charge in [0, 0.05) is 5.39 Å². The van der Waals surface area contributed by atoms with Crippen LogP contribution in [0.2, 0.25) is 6.82 Å². The largest absolute Gasteiger partial charge is 0.447 e. The first kappa shape index (κ1) is 13.6. The van der Waals surface area contributed by atoms with Gasteiger partial charge in [-0.15, -0.1) is 0 Å². The fourth-order valence-corrected chi connectivity index (χ4v) is 2.46. The van der Waals surface area contributed by atoms with Crippen molar-refractivity contribution in [1.29, 1.82) is 0 Å². The SMILES string of the molecule is CB(O)c1ccc(C)c(-c2ccc3c(N)cnnc3c2)c1. The normalized spacial score (nSPS) is 10.8. The van der Waals surface area contributed by atoms with Crippen LogP contribution in [0.15, 0.2) is 42.6 Å². The van der Waals surface area contributed by atoms with E-state index in [4.69, 9.17) is 5.73 Å². The molecule has 0 spiro atoms. The van der Waals surface area contributed by atoms with Crippen LogP contribution in [0.4, 0.5) is 5.69 Å². The highest BCUT2D eigenvalue weighted by molar-refractivity contribution is 6.64. The van der Waals surface area contributed by atoms with Crippen molar-refractivity contribution in [2.75, 3.05) is 5.73 Å². The number of nitrogens with two attached hydrogens (primary N) is 1. The Bertz CT molecular complexity index is 818. The van der Waals surface area contributed by atoms with Crippen molar-refractivity contribution in [2.24, 2.45) is 0 Å². The molecule has 0 aliphatic heterocycles. The molecule has 3 aromatic rings. The van der Waals surface area contributed by atoms with E-state index in [1.807, 2.05) is 36.4 Å². The molecule has 0 aliphatic carbocycles.